The number of nitrogens with zero attached hydrogens (tertiary/aromatic N) is 3. The van der Waals surface area contributed by atoms with Crippen LogP contribution in [0.2, 0.25) is 0 Å². The third-order valence-electron chi connectivity index (χ3n) is 4.06. The molecule has 5 heteroatoms. The molecule has 1 fully saturated rings. The van der Waals surface area contributed by atoms with Crippen molar-refractivity contribution in [1.29, 1.82) is 0 Å². The minimum atomic E-state index is -0.252. The number of hydrogen-bond donors (Lipinski definition) is 0. The van der Waals surface area contributed by atoms with Crippen molar-refractivity contribution in [1.82, 2.24) is 14.9 Å². The number of hydrogen-bond acceptors (Lipinski definition) is 4. The van der Waals surface area contributed by atoms with Crippen LogP contribution >= 0.6 is 0 Å². The molecule has 0 amide bonds. The lowest BCUT2D eigenvalue weighted by Gasteiger charge is -2.26. The van der Waals surface area contributed by atoms with Gasteiger partial charge in [-0.2, -0.15) is 4.98 Å². The minimum Gasteiger partial charge on any atom is -0.476 e. The van der Waals surface area contributed by atoms with Gasteiger partial charge in [0, 0.05) is 18.2 Å². The van der Waals surface area contributed by atoms with E-state index in [-0.39, 0.29) is 5.82 Å². The first-order valence-corrected chi connectivity index (χ1v) is 8.17. The summed E-state index contributed by atoms with van der Waals surface area (Å²) in [6.07, 6.45) is 3.89. The Labute approximate surface area is 136 Å². The van der Waals surface area contributed by atoms with Gasteiger partial charge in [-0.05, 0) is 57.1 Å². The zero-order chi connectivity index (χ0) is 16.1. The fourth-order valence-electron chi connectivity index (χ4n) is 2.85. The lowest BCUT2D eigenvalue weighted by atomic mass is 10.1. The van der Waals surface area contributed by atoms with E-state index in [0.29, 0.717) is 18.3 Å². The zero-order valence-corrected chi connectivity index (χ0v) is 13.5. The smallest absolute Gasteiger partial charge is 0.217 e. The van der Waals surface area contributed by atoms with Crippen molar-refractivity contribution in [2.24, 2.45) is 0 Å². The number of halogens is 1. The van der Waals surface area contributed by atoms with E-state index in [0.717, 1.165) is 30.9 Å². The van der Waals surface area contributed by atoms with Crippen LogP contribution < -0.4 is 4.74 Å². The number of piperidine rings is 1. The highest BCUT2D eigenvalue weighted by Crippen LogP contribution is 2.21. The quantitative estimate of drug-likeness (QED) is 0.847. The molecule has 0 saturated carbocycles. The highest BCUT2D eigenvalue weighted by Gasteiger charge is 2.10. The van der Waals surface area contributed by atoms with Crippen molar-refractivity contribution in [3.05, 3.63) is 42.0 Å². The van der Waals surface area contributed by atoms with Gasteiger partial charge in [-0.3, -0.25) is 4.90 Å². The standard InChI is InChI=1S/C18H22FN3O/c1-14-20-17(15-5-7-16(19)8-6-15)13-18(21-14)23-12-11-22-9-3-2-4-10-22/h5-8,13H,2-4,9-12H2,1H3. The second-order valence-corrected chi connectivity index (χ2v) is 5.90. The van der Waals surface area contributed by atoms with Gasteiger partial charge in [-0.1, -0.05) is 6.42 Å². The van der Waals surface area contributed by atoms with Crippen LogP contribution in [0, 0.1) is 12.7 Å². The molecule has 0 N–H and O–H groups in total. The maximum absolute atomic E-state index is 13.0. The Morgan fingerprint density at radius 2 is 1.83 bits per heavy atom. The monoisotopic (exact) mass is 315 g/mol. The Balaban J connectivity index is 1.64. The summed E-state index contributed by atoms with van der Waals surface area (Å²) in [5.74, 6) is 0.978. The third-order valence-corrected chi connectivity index (χ3v) is 4.06. The topological polar surface area (TPSA) is 38.2 Å². The highest BCUT2D eigenvalue weighted by atomic mass is 19.1. The molecule has 1 aromatic carbocycles. The second kappa shape index (κ2) is 7.51. The van der Waals surface area contributed by atoms with E-state index >= 15 is 0 Å². The van der Waals surface area contributed by atoms with Gasteiger partial charge in [0.15, 0.2) is 0 Å². The number of ether oxygens (including phenoxy) is 1. The third kappa shape index (κ3) is 4.48. The predicted molar refractivity (Wildman–Crippen MR) is 87.9 cm³/mol. The molecule has 0 unspecified atom stereocenters. The van der Waals surface area contributed by atoms with E-state index in [9.17, 15) is 4.39 Å². The largest absolute Gasteiger partial charge is 0.476 e. The molecule has 1 aliphatic rings. The molecular formula is C18H22FN3O. The lowest BCUT2D eigenvalue weighted by Crippen LogP contribution is -2.33. The van der Waals surface area contributed by atoms with Gasteiger partial charge in [0.05, 0.1) is 5.69 Å². The summed E-state index contributed by atoms with van der Waals surface area (Å²) in [6, 6.07) is 8.12. The van der Waals surface area contributed by atoms with Crippen molar-refractivity contribution in [2.75, 3.05) is 26.2 Å². The van der Waals surface area contributed by atoms with E-state index in [1.807, 2.05) is 13.0 Å². The Bertz CT molecular complexity index is 639. The van der Waals surface area contributed by atoms with Gasteiger partial charge in [-0.25, -0.2) is 9.37 Å². The number of likely N-dealkylation sites (tertiary alicyclic amines) is 1. The molecule has 0 radical (unpaired) electrons. The van der Waals surface area contributed by atoms with Gasteiger partial charge >= 0.3 is 0 Å². The maximum atomic E-state index is 13.0. The molecule has 0 atom stereocenters. The first-order chi connectivity index (χ1) is 11.2. The summed E-state index contributed by atoms with van der Waals surface area (Å²) in [5, 5.41) is 0. The summed E-state index contributed by atoms with van der Waals surface area (Å²) in [5.41, 5.74) is 1.61. The average Bonchev–Trinajstić information content (AvgIpc) is 2.56. The van der Waals surface area contributed by atoms with Crippen LogP contribution in [-0.2, 0) is 0 Å². The maximum Gasteiger partial charge on any atom is 0.217 e. The molecule has 122 valence electrons. The zero-order valence-electron chi connectivity index (χ0n) is 13.5. The molecule has 2 aromatic rings. The summed E-state index contributed by atoms with van der Waals surface area (Å²) in [6.45, 7) is 5.71. The van der Waals surface area contributed by atoms with Gasteiger partial charge in [-0.15, -0.1) is 0 Å². The molecule has 0 spiro atoms. The van der Waals surface area contributed by atoms with Crippen LogP contribution in [0.4, 0.5) is 4.39 Å². The van der Waals surface area contributed by atoms with Crippen LogP contribution in [-0.4, -0.2) is 41.1 Å². The van der Waals surface area contributed by atoms with Gasteiger partial charge in [0.2, 0.25) is 5.88 Å². The van der Waals surface area contributed by atoms with E-state index in [1.165, 1.54) is 31.4 Å². The normalized spacial score (nSPS) is 15.6. The summed E-state index contributed by atoms with van der Waals surface area (Å²) in [7, 11) is 0. The molecule has 3 rings (SSSR count). The minimum absolute atomic E-state index is 0.252. The summed E-state index contributed by atoms with van der Waals surface area (Å²) < 4.78 is 18.9. The molecular weight excluding hydrogens is 293 g/mol. The van der Waals surface area contributed by atoms with Crippen LogP contribution in [0.5, 0.6) is 5.88 Å². The fourth-order valence-corrected chi connectivity index (χ4v) is 2.85. The second-order valence-electron chi connectivity index (χ2n) is 5.90. The molecule has 0 bridgehead atoms. The predicted octanol–water partition coefficient (Wildman–Crippen LogP) is 3.46. The van der Waals surface area contributed by atoms with Crippen molar-refractivity contribution < 1.29 is 9.13 Å². The number of benzene rings is 1. The van der Waals surface area contributed by atoms with Crippen molar-refractivity contribution >= 4 is 0 Å². The molecule has 1 aromatic heterocycles. The molecule has 2 heterocycles. The van der Waals surface area contributed by atoms with Gasteiger partial charge in [0.25, 0.3) is 0 Å². The van der Waals surface area contributed by atoms with Gasteiger partial charge < -0.3 is 4.74 Å². The van der Waals surface area contributed by atoms with Crippen LogP contribution in [0.1, 0.15) is 25.1 Å². The molecule has 0 aliphatic carbocycles. The molecule has 4 nitrogen and oxygen atoms in total. The average molecular weight is 315 g/mol. The highest BCUT2D eigenvalue weighted by molar-refractivity contribution is 5.59. The van der Waals surface area contributed by atoms with E-state index in [2.05, 4.69) is 14.9 Å². The Kier molecular flexibility index (Phi) is 5.18. The van der Waals surface area contributed by atoms with E-state index < -0.39 is 0 Å². The molecule has 1 aliphatic heterocycles. The Hall–Kier alpha value is -2.01. The van der Waals surface area contributed by atoms with Gasteiger partial charge in [0.1, 0.15) is 18.2 Å². The molecule has 1 saturated heterocycles. The van der Waals surface area contributed by atoms with E-state index in [1.54, 1.807) is 12.1 Å². The van der Waals surface area contributed by atoms with Crippen molar-refractivity contribution in [2.45, 2.75) is 26.2 Å². The summed E-state index contributed by atoms with van der Waals surface area (Å²) in [4.78, 5) is 11.2. The molecule has 23 heavy (non-hydrogen) atoms. The van der Waals surface area contributed by atoms with Crippen LogP contribution in [0.15, 0.2) is 30.3 Å². The van der Waals surface area contributed by atoms with Crippen LogP contribution in [0.3, 0.4) is 0 Å². The first-order valence-electron chi connectivity index (χ1n) is 8.17. The van der Waals surface area contributed by atoms with Crippen LogP contribution in [0.25, 0.3) is 11.3 Å². The van der Waals surface area contributed by atoms with Crippen molar-refractivity contribution in [3.63, 3.8) is 0 Å². The van der Waals surface area contributed by atoms with Crippen molar-refractivity contribution in [3.8, 4) is 17.1 Å². The Morgan fingerprint density at radius 1 is 1.09 bits per heavy atom. The number of rotatable bonds is 5. The number of aryl methyl sites for hydroxylation is 1. The summed E-state index contributed by atoms with van der Waals surface area (Å²) >= 11 is 0. The fraction of sp³-hybridized carbons (Fsp3) is 0.444. The Morgan fingerprint density at radius 3 is 2.57 bits per heavy atom. The van der Waals surface area contributed by atoms with E-state index in [4.69, 9.17) is 4.74 Å². The number of aromatic nitrogens is 2. The lowest BCUT2D eigenvalue weighted by molar-refractivity contribution is 0.180. The first kappa shape index (κ1) is 15.9. The SMILES string of the molecule is Cc1nc(OCCN2CCCCC2)cc(-c2ccc(F)cc2)n1.